The summed E-state index contributed by atoms with van der Waals surface area (Å²) in [5, 5.41) is 2.14. The van der Waals surface area contributed by atoms with Gasteiger partial charge in [-0.3, -0.25) is 0 Å². The molecule has 1 aliphatic rings. The van der Waals surface area contributed by atoms with Crippen LogP contribution in [0, 0.1) is 20.8 Å². The third-order valence-electron chi connectivity index (χ3n) is 5.33. The lowest BCUT2D eigenvalue weighted by molar-refractivity contribution is 0.217. The standard InChI is InChI=1S/C20H28N2O2S2/c1-15-13-17(3)20(14-16(15)2)26(23,24)21-8-11-22-9-6-18(7-10-22)19-5-4-12-25-19/h4-5,12-14,18,21H,6-11H2,1-3H3. The van der Waals surface area contributed by atoms with Gasteiger partial charge in [-0.25, -0.2) is 13.1 Å². The monoisotopic (exact) mass is 392 g/mol. The van der Waals surface area contributed by atoms with E-state index in [1.165, 1.54) is 4.88 Å². The summed E-state index contributed by atoms with van der Waals surface area (Å²) in [6, 6.07) is 8.07. The van der Waals surface area contributed by atoms with Crippen LogP contribution in [0.5, 0.6) is 0 Å². The highest BCUT2D eigenvalue weighted by atomic mass is 32.2. The van der Waals surface area contributed by atoms with Gasteiger partial charge in [0.2, 0.25) is 10.0 Å². The smallest absolute Gasteiger partial charge is 0.240 e. The molecule has 2 heterocycles. The molecule has 6 heteroatoms. The molecule has 0 aliphatic carbocycles. The number of sulfonamides is 1. The topological polar surface area (TPSA) is 49.4 Å². The fourth-order valence-corrected chi connectivity index (χ4v) is 5.83. The first kappa shape index (κ1) is 19.5. The first-order chi connectivity index (χ1) is 12.4. The molecule has 1 aromatic carbocycles. The van der Waals surface area contributed by atoms with Crippen molar-refractivity contribution in [1.82, 2.24) is 9.62 Å². The molecule has 0 saturated carbocycles. The number of likely N-dealkylation sites (tertiary alicyclic amines) is 1. The van der Waals surface area contributed by atoms with Crippen molar-refractivity contribution in [2.24, 2.45) is 0 Å². The molecule has 1 saturated heterocycles. The van der Waals surface area contributed by atoms with Crippen LogP contribution in [0.15, 0.2) is 34.5 Å². The summed E-state index contributed by atoms with van der Waals surface area (Å²) in [5.41, 5.74) is 2.93. The van der Waals surface area contributed by atoms with Gasteiger partial charge < -0.3 is 4.90 Å². The number of benzene rings is 1. The van der Waals surface area contributed by atoms with Crippen molar-refractivity contribution in [3.8, 4) is 0 Å². The van der Waals surface area contributed by atoms with E-state index in [0.29, 0.717) is 17.4 Å². The van der Waals surface area contributed by atoms with Gasteiger partial charge in [-0.2, -0.15) is 0 Å². The summed E-state index contributed by atoms with van der Waals surface area (Å²) >= 11 is 1.84. The predicted octanol–water partition coefficient (Wildman–Crippen LogP) is 3.83. The summed E-state index contributed by atoms with van der Waals surface area (Å²) in [6.07, 6.45) is 2.31. The summed E-state index contributed by atoms with van der Waals surface area (Å²) in [5.74, 6) is 0.668. The van der Waals surface area contributed by atoms with Gasteiger partial charge >= 0.3 is 0 Å². The van der Waals surface area contributed by atoms with Crippen LogP contribution >= 0.6 is 11.3 Å². The lowest BCUT2D eigenvalue weighted by atomic mass is 9.95. The van der Waals surface area contributed by atoms with Gasteiger partial charge in [-0.1, -0.05) is 12.1 Å². The van der Waals surface area contributed by atoms with Gasteiger partial charge in [-0.15, -0.1) is 11.3 Å². The fraction of sp³-hybridized carbons (Fsp3) is 0.500. The van der Waals surface area contributed by atoms with Crippen LogP contribution < -0.4 is 4.72 Å². The van der Waals surface area contributed by atoms with Crippen molar-refractivity contribution >= 4 is 21.4 Å². The number of rotatable bonds is 6. The molecule has 142 valence electrons. The van der Waals surface area contributed by atoms with Crippen LogP contribution in [0.2, 0.25) is 0 Å². The lowest BCUT2D eigenvalue weighted by Gasteiger charge is -2.31. The maximum absolute atomic E-state index is 12.6. The first-order valence-electron chi connectivity index (χ1n) is 9.20. The van der Waals surface area contributed by atoms with Crippen molar-refractivity contribution in [2.45, 2.75) is 44.4 Å². The third kappa shape index (κ3) is 4.55. The zero-order valence-corrected chi connectivity index (χ0v) is 17.4. The van der Waals surface area contributed by atoms with Crippen molar-refractivity contribution in [1.29, 1.82) is 0 Å². The lowest BCUT2D eigenvalue weighted by Crippen LogP contribution is -2.39. The summed E-state index contributed by atoms with van der Waals surface area (Å²) in [7, 11) is -3.45. The van der Waals surface area contributed by atoms with E-state index in [0.717, 1.165) is 49.2 Å². The van der Waals surface area contributed by atoms with E-state index in [-0.39, 0.29) is 0 Å². The van der Waals surface area contributed by atoms with Gasteiger partial charge in [0.25, 0.3) is 0 Å². The molecule has 4 nitrogen and oxygen atoms in total. The van der Waals surface area contributed by atoms with Crippen molar-refractivity contribution in [3.63, 3.8) is 0 Å². The van der Waals surface area contributed by atoms with E-state index in [1.807, 2.05) is 38.2 Å². The minimum absolute atomic E-state index is 0.400. The molecule has 0 spiro atoms. The molecule has 1 N–H and O–H groups in total. The normalized spacial score (nSPS) is 16.9. The van der Waals surface area contributed by atoms with Crippen LogP contribution in [0.25, 0.3) is 0 Å². The Hall–Kier alpha value is -1.21. The van der Waals surface area contributed by atoms with E-state index in [4.69, 9.17) is 0 Å². The second-order valence-corrected chi connectivity index (χ2v) is 9.95. The molecular formula is C20H28N2O2S2. The van der Waals surface area contributed by atoms with Gasteiger partial charge in [0.1, 0.15) is 0 Å². The molecule has 1 aromatic heterocycles. The average molecular weight is 393 g/mol. The molecule has 2 aromatic rings. The van der Waals surface area contributed by atoms with Gasteiger partial charge in [0.05, 0.1) is 4.90 Å². The number of aryl methyl sites for hydroxylation is 3. The highest BCUT2D eigenvalue weighted by Crippen LogP contribution is 2.30. The Morgan fingerprint density at radius 1 is 1.12 bits per heavy atom. The Morgan fingerprint density at radius 2 is 1.81 bits per heavy atom. The molecule has 0 radical (unpaired) electrons. The summed E-state index contributed by atoms with van der Waals surface area (Å²) in [6.45, 7) is 9.10. The highest BCUT2D eigenvalue weighted by Gasteiger charge is 2.22. The minimum Gasteiger partial charge on any atom is -0.302 e. The quantitative estimate of drug-likeness (QED) is 0.813. The van der Waals surface area contributed by atoms with E-state index in [1.54, 1.807) is 6.07 Å². The maximum atomic E-state index is 12.6. The first-order valence-corrected chi connectivity index (χ1v) is 11.6. The van der Waals surface area contributed by atoms with Crippen molar-refractivity contribution < 1.29 is 8.42 Å². The second kappa shape index (κ2) is 8.21. The Balaban J connectivity index is 1.51. The Labute approximate surface area is 161 Å². The molecule has 1 fully saturated rings. The minimum atomic E-state index is -3.45. The van der Waals surface area contributed by atoms with Crippen molar-refractivity contribution in [2.75, 3.05) is 26.2 Å². The molecule has 0 bridgehead atoms. The number of hydrogen-bond donors (Lipinski definition) is 1. The van der Waals surface area contributed by atoms with E-state index in [2.05, 4.69) is 27.1 Å². The van der Waals surface area contributed by atoms with E-state index >= 15 is 0 Å². The molecule has 3 rings (SSSR count). The zero-order valence-electron chi connectivity index (χ0n) is 15.8. The van der Waals surface area contributed by atoms with Crippen LogP contribution in [-0.2, 0) is 10.0 Å². The Kier molecular flexibility index (Phi) is 6.17. The van der Waals surface area contributed by atoms with Gasteiger partial charge in [0, 0.05) is 18.0 Å². The summed E-state index contributed by atoms with van der Waals surface area (Å²) in [4.78, 5) is 4.24. The largest absolute Gasteiger partial charge is 0.302 e. The highest BCUT2D eigenvalue weighted by molar-refractivity contribution is 7.89. The Morgan fingerprint density at radius 3 is 2.46 bits per heavy atom. The van der Waals surface area contributed by atoms with Crippen LogP contribution in [-0.4, -0.2) is 39.5 Å². The van der Waals surface area contributed by atoms with Crippen LogP contribution in [0.3, 0.4) is 0 Å². The molecule has 0 atom stereocenters. The third-order valence-corrected chi connectivity index (χ3v) is 7.97. The number of nitrogens with zero attached hydrogens (tertiary/aromatic N) is 1. The predicted molar refractivity (Wildman–Crippen MR) is 109 cm³/mol. The number of nitrogens with one attached hydrogen (secondary N) is 1. The molecule has 0 amide bonds. The Bertz CT molecular complexity index is 837. The molecular weight excluding hydrogens is 364 g/mol. The molecule has 0 unspecified atom stereocenters. The maximum Gasteiger partial charge on any atom is 0.240 e. The number of hydrogen-bond acceptors (Lipinski definition) is 4. The molecule has 1 aliphatic heterocycles. The van der Waals surface area contributed by atoms with Crippen LogP contribution in [0.1, 0.15) is 40.3 Å². The second-order valence-electron chi connectivity index (χ2n) is 7.23. The number of piperidine rings is 1. The fourth-order valence-electron chi connectivity index (χ4n) is 3.60. The SMILES string of the molecule is Cc1cc(C)c(S(=O)(=O)NCCN2CCC(c3cccs3)CC2)cc1C. The van der Waals surface area contributed by atoms with Crippen molar-refractivity contribution in [3.05, 3.63) is 51.2 Å². The zero-order chi connectivity index (χ0) is 18.7. The molecule has 26 heavy (non-hydrogen) atoms. The van der Waals surface area contributed by atoms with E-state index < -0.39 is 10.0 Å². The van der Waals surface area contributed by atoms with E-state index in [9.17, 15) is 8.42 Å². The number of thiophene rings is 1. The van der Waals surface area contributed by atoms with Crippen LogP contribution in [0.4, 0.5) is 0 Å². The van der Waals surface area contributed by atoms with Gasteiger partial charge in [0.15, 0.2) is 0 Å². The summed E-state index contributed by atoms with van der Waals surface area (Å²) < 4.78 is 28.1. The van der Waals surface area contributed by atoms with Gasteiger partial charge in [-0.05, 0) is 86.8 Å². The average Bonchev–Trinajstić information content (AvgIpc) is 3.13.